The monoisotopic (exact) mass is 293 g/mol. The van der Waals surface area contributed by atoms with Gasteiger partial charge in [-0.1, -0.05) is 0 Å². The number of carbonyl (C=O) groups excluding carboxylic acids is 1. The van der Waals surface area contributed by atoms with Crippen LogP contribution in [0.3, 0.4) is 0 Å². The molecular formula is C15H27N5O. The summed E-state index contributed by atoms with van der Waals surface area (Å²) in [5.74, 6) is -0.0187. The summed E-state index contributed by atoms with van der Waals surface area (Å²) in [5, 5.41) is 4.15. The van der Waals surface area contributed by atoms with Gasteiger partial charge in [0.2, 0.25) is 0 Å². The molecule has 2 heterocycles. The second kappa shape index (κ2) is 6.47. The van der Waals surface area contributed by atoms with E-state index in [2.05, 4.69) is 23.8 Å². The first kappa shape index (κ1) is 15.8. The standard InChI is InChI=1S/C15H27N5O/c1-5-20-14(13(16)10-17-20)15(21)18(4)12-6-8-19(9-7-12)11(2)3/h10-12H,5-9,16H2,1-4H3. The zero-order chi connectivity index (χ0) is 15.6. The first-order valence-corrected chi connectivity index (χ1v) is 7.78. The second-order valence-electron chi connectivity index (χ2n) is 6.04. The van der Waals surface area contributed by atoms with E-state index in [0.717, 1.165) is 25.9 Å². The molecule has 2 N–H and O–H groups in total. The van der Waals surface area contributed by atoms with Crippen molar-refractivity contribution in [3.63, 3.8) is 0 Å². The van der Waals surface area contributed by atoms with Crippen molar-refractivity contribution >= 4 is 11.6 Å². The van der Waals surface area contributed by atoms with E-state index in [-0.39, 0.29) is 11.9 Å². The van der Waals surface area contributed by atoms with Crippen LogP contribution >= 0.6 is 0 Å². The normalized spacial score (nSPS) is 17.4. The Labute approximate surface area is 126 Å². The number of aryl methyl sites for hydroxylation is 1. The number of hydrogen-bond donors (Lipinski definition) is 1. The third-order valence-corrected chi connectivity index (χ3v) is 4.47. The fourth-order valence-electron chi connectivity index (χ4n) is 3.00. The van der Waals surface area contributed by atoms with Crippen molar-refractivity contribution in [3.8, 4) is 0 Å². The molecular weight excluding hydrogens is 266 g/mol. The molecule has 0 aromatic carbocycles. The van der Waals surface area contributed by atoms with E-state index < -0.39 is 0 Å². The van der Waals surface area contributed by atoms with Crippen molar-refractivity contribution in [1.29, 1.82) is 0 Å². The summed E-state index contributed by atoms with van der Waals surface area (Å²) in [4.78, 5) is 17.0. The molecule has 0 saturated carbocycles. The highest BCUT2D eigenvalue weighted by molar-refractivity contribution is 5.97. The van der Waals surface area contributed by atoms with Crippen LogP contribution in [0, 0.1) is 0 Å². The van der Waals surface area contributed by atoms with Gasteiger partial charge in [0.25, 0.3) is 5.91 Å². The van der Waals surface area contributed by atoms with Gasteiger partial charge < -0.3 is 15.5 Å². The molecule has 1 aliphatic heterocycles. The molecule has 21 heavy (non-hydrogen) atoms. The average molecular weight is 293 g/mol. The highest BCUT2D eigenvalue weighted by Crippen LogP contribution is 2.21. The lowest BCUT2D eigenvalue weighted by molar-refractivity contribution is 0.0605. The first-order chi connectivity index (χ1) is 9.95. The molecule has 6 heteroatoms. The minimum Gasteiger partial charge on any atom is -0.396 e. The van der Waals surface area contributed by atoms with Crippen LogP contribution in [0.5, 0.6) is 0 Å². The molecule has 0 spiro atoms. The number of anilines is 1. The van der Waals surface area contributed by atoms with Crippen LogP contribution in [-0.4, -0.2) is 57.7 Å². The lowest BCUT2D eigenvalue weighted by atomic mass is 10.0. The molecule has 1 fully saturated rings. The van der Waals surface area contributed by atoms with Gasteiger partial charge in [0, 0.05) is 38.8 Å². The van der Waals surface area contributed by atoms with Crippen LogP contribution in [0.15, 0.2) is 6.20 Å². The second-order valence-corrected chi connectivity index (χ2v) is 6.04. The van der Waals surface area contributed by atoms with Crippen LogP contribution < -0.4 is 5.73 Å². The predicted molar refractivity (Wildman–Crippen MR) is 84.1 cm³/mol. The van der Waals surface area contributed by atoms with E-state index in [9.17, 15) is 4.79 Å². The highest BCUT2D eigenvalue weighted by Gasteiger charge is 2.29. The molecule has 118 valence electrons. The maximum atomic E-state index is 12.7. The molecule has 0 aliphatic carbocycles. The smallest absolute Gasteiger partial charge is 0.274 e. The molecule has 2 rings (SSSR count). The maximum Gasteiger partial charge on any atom is 0.274 e. The number of carbonyl (C=O) groups is 1. The summed E-state index contributed by atoms with van der Waals surface area (Å²) in [5.41, 5.74) is 6.89. The quantitative estimate of drug-likeness (QED) is 0.912. The number of piperidine rings is 1. The molecule has 1 saturated heterocycles. The zero-order valence-corrected chi connectivity index (χ0v) is 13.5. The number of nitrogen functional groups attached to an aromatic ring is 1. The number of likely N-dealkylation sites (tertiary alicyclic amines) is 1. The summed E-state index contributed by atoms with van der Waals surface area (Å²) in [6, 6.07) is 0.858. The maximum absolute atomic E-state index is 12.7. The number of aromatic nitrogens is 2. The van der Waals surface area contributed by atoms with Gasteiger partial charge in [0.1, 0.15) is 5.69 Å². The van der Waals surface area contributed by atoms with E-state index in [0.29, 0.717) is 24.0 Å². The molecule has 0 atom stereocenters. The summed E-state index contributed by atoms with van der Waals surface area (Å²) in [6.07, 6.45) is 3.59. The SMILES string of the molecule is CCn1ncc(N)c1C(=O)N(C)C1CCN(C(C)C)CC1. The van der Waals surface area contributed by atoms with Gasteiger partial charge in [-0.05, 0) is 33.6 Å². The number of amides is 1. The van der Waals surface area contributed by atoms with Crippen molar-refractivity contribution in [2.75, 3.05) is 25.9 Å². The Morgan fingerprint density at radius 1 is 1.48 bits per heavy atom. The Morgan fingerprint density at radius 3 is 2.62 bits per heavy atom. The molecule has 0 bridgehead atoms. The van der Waals surface area contributed by atoms with Crippen molar-refractivity contribution in [2.24, 2.45) is 0 Å². The number of nitrogens with zero attached hydrogens (tertiary/aromatic N) is 4. The lowest BCUT2D eigenvalue weighted by Crippen LogP contribution is -2.47. The van der Waals surface area contributed by atoms with Gasteiger partial charge >= 0.3 is 0 Å². The van der Waals surface area contributed by atoms with E-state index in [1.54, 1.807) is 10.9 Å². The predicted octanol–water partition coefficient (Wildman–Crippen LogP) is 1.43. The van der Waals surface area contributed by atoms with Gasteiger partial charge in [-0.25, -0.2) is 0 Å². The fourth-order valence-corrected chi connectivity index (χ4v) is 3.00. The first-order valence-electron chi connectivity index (χ1n) is 7.78. The Balaban J connectivity index is 2.05. The topological polar surface area (TPSA) is 67.4 Å². The van der Waals surface area contributed by atoms with Gasteiger partial charge in [0.15, 0.2) is 0 Å². The third-order valence-electron chi connectivity index (χ3n) is 4.47. The Morgan fingerprint density at radius 2 is 2.10 bits per heavy atom. The number of rotatable bonds is 4. The Bertz CT molecular complexity index is 488. The molecule has 1 aromatic rings. The van der Waals surface area contributed by atoms with Crippen molar-refractivity contribution in [2.45, 2.75) is 52.2 Å². The minimum atomic E-state index is -0.0187. The minimum absolute atomic E-state index is 0.0187. The fraction of sp³-hybridized carbons (Fsp3) is 0.733. The molecule has 1 amide bonds. The number of hydrogen-bond acceptors (Lipinski definition) is 4. The van der Waals surface area contributed by atoms with E-state index in [4.69, 9.17) is 5.73 Å². The van der Waals surface area contributed by atoms with Crippen molar-refractivity contribution in [1.82, 2.24) is 19.6 Å². The van der Waals surface area contributed by atoms with Crippen molar-refractivity contribution in [3.05, 3.63) is 11.9 Å². The molecule has 1 aliphatic rings. The highest BCUT2D eigenvalue weighted by atomic mass is 16.2. The molecule has 0 radical (unpaired) electrons. The van der Waals surface area contributed by atoms with Gasteiger partial charge in [-0.15, -0.1) is 0 Å². The summed E-state index contributed by atoms with van der Waals surface area (Å²) >= 11 is 0. The summed E-state index contributed by atoms with van der Waals surface area (Å²) in [6.45, 7) is 9.14. The molecule has 0 unspecified atom stereocenters. The van der Waals surface area contributed by atoms with Gasteiger partial charge in [-0.2, -0.15) is 5.10 Å². The van der Waals surface area contributed by atoms with Crippen LogP contribution in [0.4, 0.5) is 5.69 Å². The average Bonchev–Trinajstić information content (AvgIpc) is 2.86. The van der Waals surface area contributed by atoms with Crippen LogP contribution in [0.2, 0.25) is 0 Å². The zero-order valence-electron chi connectivity index (χ0n) is 13.5. The summed E-state index contributed by atoms with van der Waals surface area (Å²) < 4.78 is 1.68. The lowest BCUT2D eigenvalue weighted by Gasteiger charge is -2.38. The number of nitrogens with two attached hydrogens (primary N) is 1. The Hall–Kier alpha value is -1.56. The summed E-state index contributed by atoms with van der Waals surface area (Å²) in [7, 11) is 1.88. The third kappa shape index (κ3) is 3.20. The van der Waals surface area contributed by atoms with E-state index >= 15 is 0 Å². The van der Waals surface area contributed by atoms with E-state index in [1.165, 1.54) is 0 Å². The molecule has 1 aromatic heterocycles. The van der Waals surface area contributed by atoms with E-state index in [1.807, 2.05) is 18.9 Å². The molecule has 6 nitrogen and oxygen atoms in total. The van der Waals surface area contributed by atoms with Crippen LogP contribution in [-0.2, 0) is 6.54 Å². The largest absolute Gasteiger partial charge is 0.396 e. The van der Waals surface area contributed by atoms with Crippen LogP contribution in [0.25, 0.3) is 0 Å². The Kier molecular flexibility index (Phi) is 4.88. The van der Waals surface area contributed by atoms with Crippen molar-refractivity contribution < 1.29 is 4.79 Å². The van der Waals surface area contributed by atoms with Crippen LogP contribution in [0.1, 0.15) is 44.1 Å². The van der Waals surface area contributed by atoms with Gasteiger partial charge in [-0.3, -0.25) is 9.48 Å². The van der Waals surface area contributed by atoms with Gasteiger partial charge in [0.05, 0.1) is 11.9 Å².